The molecule has 124 valence electrons. The first kappa shape index (κ1) is 18.0. The third-order valence-electron chi connectivity index (χ3n) is 2.39. The summed E-state index contributed by atoms with van der Waals surface area (Å²) >= 11 is 0. The Balaban J connectivity index is 2.96. The Hall–Kier alpha value is -2.05. The van der Waals surface area contributed by atoms with E-state index >= 15 is 0 Å². The van der Waals surface area contributed by atoms with E-state index < -0.39 is 23.3 Å². The van der Waals surface area contributed by atoms with Gasteiger partial charge in [-0.05, 0) is 41.5 Å². The fourth-order valence-corrected chi connectivity index (χ4v) is 1.67. The number of aryl methyl sites for hydroxylation is 1. The molecule has 7 nitrogen and oxygen atoms in total. The van der Waals surface area contributed by atoms with Crippen molar-refractivity contribution in [1.82, 2.24) is 9.55 Å². The molecule has 0 unspecified atom stereocenters. The zero-order chi connectivity index (χ0) is 17.1. The molecule has 0 fully saturated rings. The minimum atomic E-state index is -0.665. The van der Waals surface area contributed by atoms with Crippen LogP contribution >= 0.6 is 0 Å². The molecule has 1 aromatic heterocycles. The van der Waals surface area contributed by atoms with Crippen LogP contribution < -0.4 is 4.90 Å². The summed E-state index contributed by atoms with van der Waals surface area (Å²) in [7, 11) is 1.73. The topological polar surface area (TPSA) is 73.7 Å². The average molecular weight is 311 g/mol. The minimum absolute atomic E-state index is 0.244. The summed E-state index contributed by atoms with van der Waals surface area (Å²) in [5.41, 5.74) is -1.29. The van der Waals surface area contributed by atoms with Crippen LogP contribution in [0.3, 0.4) is 0 Å². The molecular formula is C15H25N3O4. The number of anilines is 1. The van der Waals surface area contributed by atoms with Crippen LogP contribution in [0.1, 0.15) is 41.5 Å². The molecule has 0 radical (unpaired) electrons. The van der Waals surface area contributed by atoms with Gasteiger partial charge in [0.2, 0.25) is 0 Å². The first-order valence-corrected chi connectivity index (χ1v) is 7.08. The van der Waals surface area contributed by atoms with Gasteiger partial charge in [-0.25, -0.2) is 9.78 Å². The van der Waals surface area contributed by atoms with Gasteiger partial charge in [0.05, 0.1) is 12.5 Å². The lowest BCUT2D eigenvalue weighted by Gasteiger charge is -2.28. The molecule has 1 rings (SSSR count). The fraction of sp³-hybridized carbons (Fsp3) is 0.667. The highest BCUT2D eigenvalue weighted by Crippen LogP contribution is 2.18. The lowest BCUT2D eigenvalue weighted by molar-refractivity contribution is -0.153. The Bertz CT molecular complexity index is 538. The van der Waals surface area contributed by atoms with E-state index in [2.05, 4.69) is 4.98 Å². The zero-order valence-corrected chi connectivity index (χ0v) is 14.3. The second-order valence-corrected chi connectivity index (χ2v) is 7.02. The number of esters is 1. The third-order valence-corrected chi connectivity index (χ3v) is 2.39. The molecule has 0 aliphatic carbocycles. The van der Waals surface area contributed by atoms with Crippen molar-refractivity contribution < 1.29 is 19.1 Å². The Labute approximate surface area is 131 Å². The van der Waals surface area contributed by atoms with E-state index in [-0.39, 0.29) is 6.54 Å². The Morgan fingerprint density at radius 3 is 2.09 bits per heavy atom. The van der Waals surface area contributed by atoms with Crippen LogP contribution in [0.25, 0.3) is 0 Å². The van der Waals surface area contributed by atoms with E-state index in [1.807, 2.05) is 0 Å². The number of aromatic nitrogens is 2. The summed E-state index contributed by atoms with van der Waals surface area (Å²) in [5, 5.41) is 0. The van der Waals surface area contributed by atoms with Crippen molar-refractivity contribution in [3.8, 4) is 0 Å². The minimum Gasteiger partial charge on any atom is -0.459 e. The van der Waals surface area contributed by atoms with Crippen molar-refractivity contribution in [3.63, 3.8) is 0 Å². The molecule has 0 spiro atoms. The van der Waals surface area contributed by atoms with Gasteiger partial charge < -0.3 is 14.0 Å². The van der Waals surface area contributed by atoms with Gasteiger partial charge in [-0.15, -0.1) is 0 Å². The molecule has 0 bridgehead atoms. The number of carbonyl (C=O) groups is 2. The molecule has 0 N–H and O–H groups in total. The van der Waals surface area contributed by atoms with Crippen molar-refractivity contribution in [2.75, 3.05) is 11.4 Å². The van der Waals surface area contributed by atoms with Crippen LogP contribution in [-0.2, 0) is 21.3 Å². The van der Waals surface area contributed by atoms with E-state index in [9.17, 15) is 9.59 Å². The highest BCUT2D eigenvalue weighted by atomic mass is 16.6. The van der Waals surface area contributed by atoms with E-state index in [4.69, 9.17) is 9.47 Å². The average Bonchev–Trinajstić information content (AvgIpc) is 2.67. The maximum atomic E-state index is 12.4. The summed E-state index contributed by atoms with van der Waals surface area (Å²) in [6.45, 7) is 10.4. The standard InChI is InChI=1S/C15H25N3O4/c1-14(2,3)21-12(19)9-18(11-8-16-10-17(11)7)13(20)22-15(4,5)6/h8,10H,9H2,1-7H3. The molecule has 1 amide bonds. The molecule has 1 heterocycles. The van der Waals surface area contributed by atoms with Gasteiger partial charge in [0.15, 0.2) is 0 Å². The molecule has 7 heteroatoms. The van der Waals surface area contributed by atoms with Crippen LogP contribution in [0.15, 0.2) is 12.5 Å². The molecule has 0 saturated heterocycles. The molecular weight excluding hydrogens is 286 g/mol. The van der Waals surface area contributed by atoms with E-state index in [1.54, 1.807) is 59.5 Å². The molecule has 0 aliphatic heterocycles. The van der Waals surface area contributed by atoms with Crippen molar-refractivity contribution in [3.05, 3.63) is 12.5 Å². The van der Waals surface area contributed by atoms with Gasteiger partial charge in [-0.3, -0.25) is 9.69 Å². The Morgan fingerprint density at radius 2 is 1.68 bits per heavy atom. The van der Waals surface area contributed by atoms with Crippen molar-refractivity contribution >= 4 is 17.9 Å². The maximum absolute atomic E-state index is 12.4. The zero-order valence-electron chi connectivity index (χ0n) is 14.3. The number of nitrogens with zero attached hydrogens (tertiary/aromatic N) is 3. The fourth-order valence-electron chi connectivity index (χ4n) is 1.67. The van der Waals surface area contributed by atoms with Crippen LogP contribution in [-0.4, -0.2) is 39.4 Å². The number of carbonyl (C=O) groups excluding carboxylic acids is 2. The number of hydrogen-bond acceptors (Lipinski definition) is 5. The number of ether oxygens (including phenoxy) is 2. The second-order valence-electron chi connectivity index (χ2n) is 7.02. The van der Waals surface area contributed by atoms with Crippen LogP contribution in [0.2, 0.25) is 0 Å². The summed E-state index contributed by atoms with van der Waals surface area (Å²) in [6.07, 6.45) is 2.41. The van der Waals surface area contributed by atoms with Gasteiger partial charge in [0.1, 0.15) is 23.6 Å². The van der Waals surface area contributed by atoms with Crippen LogP contribution in [0.5, 0.6) is 0 Å². The highest BCUT2D eigenvalue weighted by Gasteiger charge is 2.29. The first-order chi connectivity index (χ1) is 9.89. The van der Waals surface area contributed by atoms with Gasteiger partial charge in [-0.2, -0.15) is 0 Å². The van der Waals surface area contributed by atoms with Crippen molar-refractivity contribution in [2.24, 2.45) is 7.05 Å². The largest absolute Gasteiger partial charge is 0.459 e. The predicted octanol–water partition coefficient (Wildman–Crippen LogP) is 2.50. The number of imidazole rings is 1. The molecule has 1 aromatic rings. The summed E-state index contributed by atoms with van der Waals surface area (Å²) in [4.78, 5) is 29.6. The lowest BCUT2D eigenvalue weighted by Crippen LogP contribution is -2.42. The van der Waals surface area contributed by atoms with Crippen molar-refractivity contribution in [1.29, 1.82) is 0 Å². The van der Waals surface area contributed by atoms with Gasteiger partial charge in [0, 0.05) is 7.05 Å². The first-order valence-electron chi connectivity index (χ1n) is 7.08. The SMILES string of the molecule is Cn1cncc1N(CC(=O)OC(C)(C)C)C(=O)OC(C)(C)C. The van der Waals surface area contributed by atoms with E-state index in [0.717, 1.165) is 0 Å². The van der Waals surface area contributed by atoms with Gasteiger partial charge >= 0.3 is 12.1 Å². The Kier molecular flexibility index (Phi) is 5.22. The maximum Gasteiger partial charge on any atom is 0.416 e. The number of rotatable bonds is 3. The number of hydrogen-bond donors (Lipinski definition) is 0. The lowest BCUT2D eigenvalue weighted by atomic mass is 10.2. The molecule has 22 heavy (non-hydrogen) atoms. The molecule has 0 aliphatic rings. The molecule has 0 atom stereocenters. The van der Waals surface area contributed by atoms with Gasteiger partial charge in [-0.1, -0.05) is 0 Å². The molecule has 0 saturated carbocycles. The predicted molar refractivity (Wildman–Crippen MR) is 82.6 cm³/mol. The van der Waals surface area contributed by atoms with Gasteiger partial charge in [0.25, 0.3) is 0 Å². The summed E-state index contributed by atoms with van der Waals surface area (Å²) in [6, 6.07) is 0. The quantitative estimate of drug-likeness (QED) is 0.802. The van der Waals surface area contributed by atoms with E-state index in [0.29, 0.717) is 5.82 Å². The van der Waals surface area contributed by atoms with Crippen molar-refractivity contribution in [2.45, 2.75) is 52.7 Å². The molecule has 0 aromatic carbocycles. The monoisotopic (exact) mass is 311 g/mol. The number of amides is 1. The third kappa shape index (κ3) is 5.75. The second kappa shape index (κ2) is 6.37. The van der Waals surface area contributed by atoms with Crippen LogP contribution in [0.4, 0.5) is 10.6 Å². The smallest absolute Gasteiger partial charge is 0.416 e. The highest BCUT2D eigenvalue weighted by molar-refractivity contribution is 5.92. The summed E-state index contributed by atoms with van der Waals surface area (Å²) < 4.78 is 12.2. The summed E-state index contributed by atoms with van der Waals surface area (Å²) in [5.74, 6) is -0.0559. The normalized spacial score (nSPS) is 12.0. The Morgan fingerprint density at radius 1 is 1.14 bits per heavy atom. The van der Waals surface area contributed by atoms with E-state index in [1.165, 1.54) is 11.1 Å². The van der Waals surface area contributed by atoms with Crippen LogP contribution in [0, 0.1) is 0 Å².